The standard InChI is InChI=1S/C15H24N2S/c1-3-10-17(12-8-9-12)14-6-5-7-15(18-4-2)13(14)11-16/h5-7,12H,3-4,8-11,16H2,1-2H3. The predicted molar refractivity (Wildman–Crippen MR) is 81.4 cm³/mol. The summed E-state index contributed by atoms with van der Waals surface area (Å²) in [5.74, 6) is 1.10. The first kappa shape index (κ1) is 13.8. The minimum absolute atomic E-state index is 0.644. The minimum atomic E-state index is 0.644. The average molecular weight is 264 g/mol. The van der Waals surface area contributed by atoms with Crippen LogP contribution < -0.4 is 10.6 Å². The smallest absolute Gasteiger partial charge is 0.0425 e. The van der Waals surface area contributed by atoms with Crippen LogP contribution in [0.2, 0.25) is 0 Å². The number of hydrogen-bond acceptors (Lipinski definition) is 3. The third kappa shape index (κ3) is 3.01. The molecule has 1 aromatic rings. The van der Waals surface area contributed by atoms with Crippen molar-refractivity contribution in [2.75, 3.05) is 17.2 Å². The van der Waals surface area contributed by atoms with Gasteiger partial charge in [0.2, 0.25) is 0 Å². The molecule has 1 saturated carbocycles. The third-order valence-corrected chi connectivity index (χ3v) is 4.36. The Labute approximate surface area is 115 Å². The van der Waals surface area contributed by atoms with Gasteiger partial charge in [0, 0.05) is 35.3 Å². The highest BCUT2D eigenvalue weighted by Crippen LogP contribution is 2.37. The topological polar surface area (TPSA) is 29.3 Å². The lowest BCUT2D eigenvalue weighted by Crippen LogP contribution is -2.28. The molecule has 0 aromatic heterocycles. The van der Waals surface area contributed by atoms with Gasteiger partial charge in [-0.1, -0.05) is 19.9 Å². The highest BCUT2D eigenvalue weighted by molar-refractivity contribution is 7.99. The summed E-state index contributed by atoms with van der Waals surface area (Å²) in [6.45, 7) is 6.24. The zero-order chi connectivity index (χ0) is 13.0. The van der Waals surface area contributed by atoms with E-state index in [4.69, 9.17) is 5.73 Å². The lowest BCUT2D eigenvalue weighted by Gasteiger charge is -2.27. The van der Waals surface area contributed by atoms with E-state index in [0.717, 1.165) is 18.3 Å². The number of nitrogens with two attached hydrogens (primary N) is 1. The van der Waals surface area contributed by atoms with Crippen molar-refractivity contribution in [3.8, 4) is 0 Å². The fourth-order valence-corrected chi connectivity index (χ4v) is 3.29. The molecule has 0 atom stereocenters. The van der Waals surface area contributed by atoms with Crippen LogP contribution in [-0.4, -0.2) is 18.3 Å². The number of benzene rings is 1. The maximum Gasteiger partial charge on any atom is 0.0425 e. The lowest BCUT2D eigenvalue weighted by molar-refractivity contribution is 0.754. The van der Waals surface area contributed by atoms with Crippen molar-refractivity contribution >= 4 is 17.4 Å². The van der Waals surface area contributed by atoms with Crippen LogP contribution in [0.3, 0.4) is 0 Å². The van der Waals surface area contributed by atoms with E-state index >= 15 is 0 Å². The molecule has 0 bridgehead atoms. The van der Waals surface area contributed by atoms with Crippen molar-refractivity contribution in [3.63, 3.8) is 0 Å². The molecule has 2 nitrogen and oxygen atoms in total. The quantitative estimate of drug-likeness (QED) is 0.762. The van der Waals surface area contributed by atoms with Gasteiger partial charge in [0.1, 0.15) is 0 Å². The minimum Gasteiger partial charge on any atom is -0.368 e. The highest BCUT2D eigenvalue weighted by atomic mass is 32.2. The first-order valence-electron chi connectivity index (χ1n) is 7.03. The molecule has 0 amide bonds. The molecule has 2 rings (SSSR count). The van der Waals surface area contributed by atoms with Crippen molar-refractivity contribution in [1.29, 1.82) is 0 Å². The molecule has 0 aliphatic heterocycles. The van der Waals surface area contributed by atoms with Gasteiger partial charge in [-0.3, -0.25) is 0 Å². The van der Waals surface area contributed by atoms with Crippen molar-refractivity contribution in [3.05, 3.63) is 23.8 Å². The van der Waals surface area contributed by atoms with E-state index < -0.39 is 0 Å². The molecule has 0 heterocycles. The SMILES string of the molecule is CCCN(c1cccc(SCC)c1CN)C1CC1. The summed E-state index contributed by atoms with van der Waals surface area (Å²) >= 11 is 1.90. The van der Waals surface area contributed by atoms with Crippen LogP contribution in [0.5, 0.6) is 0 Å². The molecule has 0 unspecified atom stereocenters. The van der Waals surface area contributed by atoms with Gasteiger partial charge in [0.05, 0.1) is 0 Å². The van der Waals surface area contributed by atoms with Gasteiger partial charge < -0.3 is 10.6 Å². The molecule has 100 valence electrons. The summed E-state index contributed by atoms with van der Waals surface area (Å²) in [4.78, 5) is 3.93. The Balaban J connectivity index is 2.31. The Morgan fingerprint density at radius 1 is 1.33 bits per heavy atom. The number of anilines is 1. The first-order chi connectivity index (χ1) is 8.81. The van der Waals surface area contributed by atoms with Crippen LogP contribution in [-0.2, 0) is 6.54 Å². The molecular weight excluding hydrogens is 240 g/mol. The van der Waals surface area contributed by atoms with E-state index in [9.17, 15) is 0 Å². The zero-order valence-electron chi connectivity index (χ0n) is 11.5. The van der Waals surface area contributed by atoms with Crippen LogP contribution in [0.1, 0.15) is 38.7 Å². The Bertz CT molecular complexity index is 388. The first-order valence-corrected chi connectivity index (χ1v) is 8.01. The van der Waals surface area contributed by atoms with Crippen LogP contribution in [0.15, 0.2) is 23.1 Å². The van der Waals surface area contributed by atoms with Gasteiger partial charge in [0.25, 0.3) is 0 Å². The lowest BCUT2D eigenvalue weighted by atomic mass is 10.1. The molecule has 2 N–H and O–H groups in total. The van der Waals surface area contributed by atoms with Gasteiger partial charge in [-0.05, 0) is 37.1 Å². The second-order valence-corrected chi connectivity index (χ2v) is 6.12. The number of rotatable bonds is 7. The van der Waals surface area contributed by atoms with Crippen molar-refractivity contribution in [1.82, 2.24) is 0 Å². The summed E-state index contributed by atoms with van der Waals surface area (Å²) in [7, 11) is 0. The van der Waals surface area contributed by atoms with Crippen LogP contribution >= 0.6 is 11.8 Å². The maximum absolute atomic E-state index is 6.00. The number of hydrogen-bond donors (Lipinski definition) is 1. The highest BCUT2D eigenvalue weighted by Gasteiger charge is 2.30. The van der Waals surface area contributed by atoms with Crippen LogP contribution in [0.25, 0.3) is 0 Å². The van der Waals surface area contributed by atoms with E-state index in [2.05, 4.69) is 36.9 Å². The second-order valence-electron chi connectivity index (χ2n) is 4.82. The molecule has 3 heteroatoms. The summed E-state index contributed by atoms with van der Waals surface area (Å²) in [5, 5.41) is 0. The normalized spacial score (nSPS) is 14.8. The van der Waals surface area contributed by atoms with Crippen LogP contribution in [0, 0.1) is 0 Å². The fourth-order valence-electron chi connectivity index (χ4n) is 2.45. The molecule has 1 aliphatic carbocycles. The molecular formula is C15H24N2S. The molecule has 1 fully saturated rings. The zero-order valence-corrected chi connectivity index (χ0v) is 12.3. The molecule has 18 heavy (non-hydrogen) atoms. The van der Waals surface area contributed by atoms with Gasteiger partial charge >= 0.3 is 0 Å². The number of thioether (sulfide) groups is 1. The van der Waals surface area contributed by atoms with E-state index in [1.807, 2.05) is 11.8 Å². The maximum atomic E-state index is 6.00. The fraction of sp³-hybridized carbons (Fsp3) is 0.600. The monoisotopic (exact) mass is 264 g/mol. The summed E-state index contributed by atoms with van der Waals surface area (Å²) in [6, 6.07) is 7.39. The van der Waals surface area contributed by atoms with Crippen molar-refractivity contribution in [2.24, 2.45) is 5.73 Å². The average Bonchev–Trinajstić information content (AvgIpc) is 3.20. The second kappa shape index (κ2) is 6.48. The van der Waals surface area contributed by atoms with E-state index in [-0.39, 0.29) is 0 Å². The van der Waals surface area contributed by atoms with E-state index in [0.29, 0.717) is 6.54 Å². The van der Waals surface area contributed by atoms with Crippen molar-refractivity contribution < 1.29 is 0 Å². The van der Waals surface area contributed by atoms with Crippen molar-refractivity contribution in [2.45, 2.75) is 50.6 Å². The summed E-state index contributed by atoms with van der Waals surface area (Å²) in [5.41, 5.74) is 8.71. The van der Waals surface area contributed by atoms with E-state index in [1.165, 1.54) is 35.4 Å². The molecule has 1 aromatic carbocycles. The molecule has 1 aliphatic rings. The Kier molecular flexibility index (Phi) is 4.95. The van der Waals surface area contributed by atoms with Gasteiger partial charge in [-0.2, -0.15) is 0 Å². The predicted octanol–water partition coefficient (Wildman–Crippen LogP) is 3.64. The molecule has 0 radical (unpaired) electrons. The van der Waals surface area contributed by atoms with Crippen LogP contribution in [0.4, 0.5) is 5.69 Å². The third-order valence-electron chi connectivity index (χ3n) is 3.37. The number of nitrogens with zero attached hydrogens (tertiary/aromatic N) is 1. The Morgan fingerprint density at radius 2 is 2.11 bits per heavy atom. The largest absolute Gasteiger partial charge is 0.368 e. The summed E-state index contributed by atoms with van der Waals surface area (Å²) in [6.07, 6.45) is 3.88. The molecule has 0 spiro atoms. The summed E-state index contributed by atoms with van der Waals surface area (Å²) < 4.78 is 0. The van der Waals surface area contributed by atoms with Gasteiger partial charge in [0.15, 0.2) is 0 Å². The Morgan fingerprint density at radius 3 is 2.67 bits per heavy atom. The van der Waals surface area contributed by atoms with Gasteiger partial charge in [-0.25, -0.2) is 0 Å². The van der Waals surface area contributed by atoms with Gasteiger partial charge in [-0.15, -0.1) is 11.8 Å². The molecule has 0 saturated heterocycles. The Hall–Kier alpha value is -0.670. The van der Waals surface area contributed by atoms with E-state index in [1.54, 1.807) is 0 Å².